The zero-order valence-corrected chi connectivity index (χ0v) is 16.0. The van der Waals surface area contributed by atoms with Crippen LogP contribution >= 0.6 is 11.8 Å². The molecule has 2 aromatic carbocycles. The van der Waals surface area contributed by atoms with E-state index >= 15 is 0 Å². The van der Waals surface area contributed by atoms with Crippen LogP contribution in [0.4, 0.5) is 10.5 Å². The molecule has 1 unspecified atom stereocenters. The molecule has 1 aliphatic heterocycles. The molecule has 1 heterocycles. The number of hydrogen-bond acceptors (Lipinski definition) is 4. The first-order valence-electron chi connectivity index (χ1n) is 8.69. The van der Waals surface area contributed by atoms with Crippen LogP contribution in [-0.4, -0.2) is 34.8 Å². The molecule has 4 amide bonds. The van der Waals surface area contributed by atoms with Crippen LogP contribution in [0.3, 0.4) is 0 Å². The van der Waals surface area contributed by atoms with Crippen LogP contribution in [0.2, 0.25) is 0 Å². The first kappa shape index (κ1) is 19.0. The van der Waals surface area contributed by atoms with Crippen molar-refractivity contribution in [1.82, 2.24) is 10.2 Å². The quantitative estimate of drug-likeness (QED) is 0.749. The second-order valence-electron chi connectivity index (χ2n) is 6.47. The Morgan fingerprint density at radius 2 is 1.78 bits per heavy atom. The summed E-state index contributed by atoms with van der Waals surface area (Å²) in [6, 6.07) is 16.7. The van der Waals surface area contributed by atoms with Gasteiger partial charge in [-0.1, -0.05) is 49.0 Å². The maximum absolute atomic E-state index is 12.5. The third-order valence-corrected chi connectivity index (χ3v) is 5.57. The van der Waals surface area contributed by atoms with Crippen molar-refractivity contribution in [3.8, 4) is 0 Å². The average Bonchev–Trinajstić information content (AvgIpc) is 2.88. The monoisotopic (exact) mass is 383 g/mol. The molecule has 0 aromatic heterocycles. The number of anilines is 1. The highest BCUT2D eigenvalue weighted by Gasteiger charge is 2.46. The van der Waals surface area contributed by atoms with E-state index in [2.05, 4.69) is 10.6 Å². The molecular formula is C20H21N3O3S. The van der Waals surface area contributed by atoms with Crippen LogP contribution in [0.15, 0.2) is 64.4 Å². The van der Waals surface area contributed by atoms with Crippen LogP contribution in [0.1, 0.15) is 20.3 Å². The molecule has 7 heteroatoms. The molecule has 0 saturated carbocycles. The average molecular weight is 383 g/mol. The third-order valence-electron chi connectivity index (χ3n) is 4.49. The number of rotatable bonds is 6. The van der Waals surface area contributed by atoms with Crippen molar-refractivity contribution >= 4 is 35.3 Å². The lowest BCUT2D eigenvalue weighted by Gasteiger charge is -2.19. The van der Waals surface area contributed by atoms with E-state index in [1.54, 1.807) is 13.0 Å². The molecule has 2 N–H and O–H groups in total. The summed E-state index contributed by atoms with van der Waals surface area (Å²) in [6.07, 6.45) is 0.465. The molecule has 1 saturated heterocycles. The predicted octanol–water partition coefficient (Wildman–Crippen LogP) is 3.50. The number of nitrogens with zero attached hydrogens (tertiary/aromatic N) is 1. The number of hydrogen-bond donors (Lipinski definition) is 2. The van der Waals surface area contributed by atoms with Crippen LogP contribution in [0.5, 0.6) is 0 Å². The van der Waals surface area contributed by atoms with E-state index in [1.807, 2.05) is 55.5 Å². The van der Waals surface area contributed by atoms with Gasteiger partial charge in [-0.05, 0) is 37.6 Å². The van der Waals surface area contributed by atoms with Gasteiger partial charge < -0.3 is 10.6 Å². The molecular weight excluding hydrogens is 362 g/mol. The molecule has 2 aromatic rings. The van der Waals surface area contributed by atoms with Crippen molar-refractivity contribution in [2.45, 2.75) is 35.6 Å². The van der Waals surface area contributed by atoms with Gasteiger partial charge in [0.2, 0.25) is 5.91 Å². The van der Waals surface area contributed by atoms with Gasteiger partial charge in [0.25, 0.3) is 5.91 Å². The smallest absolute Gasteiger partial charge is 0.323 e. The first-order valence-corrected chi connectivity index (χ1v) is 9.50. The van der Waals surface area contributed by atoms with Crippen LogP contribution in [0, 0.1) is 0 Å². The Bertz CT molecular complexity index is 872. The second kappa shape index (κ2) is 7.84. The van der Waals surface area contributed by atoms with Gasteiger partial charge in [0.15, 0.2) is 0 Å². The summed E-state index contributed by atoms with van der Waals surface area (Å²) in [7, 11) is 0. The van der Waals surface area contributed by atoms with Gasteiger partial charge in [-0.3, -0.25) is 14.5 Å². The van der Waals surface area contributed by atoms with Gasteiger partial charge in [0.05, 0.1) is 5.69 Å². The van der Waals surface area contributed by atoms with Crippen molar-refractivity contribution in [3.05, 3.63) is 54.6 Å². The molecule has 140 valence electrons. The van der Waals surface area contributed by atoms with Crippen molar-refractivity contribution in [3.63, 3.8) is 0 Å². The molecule has 0 spiro atoms. The highest BCUT2D eigenvalue weighted by Crippen LogP contribution is 2.33. The van der Waals surface area contributed by atoms with Crippen LogP contribution in [0.25, 0.3) is 0 Å². The number of benzene rings is 2. The van der Waals surface area contributed by atoms with Crippen molar-refractivity contribution in [2.75, 3.05) is 11.9 Å². The number of carbonyl (C=O) groups is 3. The fourth-order valence-corrected chi connectivity index (χ4v) is 3.66. The Balaban J connectivity index is 1.70. The number of urea groups is 1. The van der Waals surface area contributed by atoms with Crippen molar-refractivity contribution in [2.24, 2.45) is 0 Å². The molecule has 6 nitrogen and oxygen atoms in total. The number of nitrogens with one attached hydrogen (secondary N) is 2. The van der Waals surface area contributed by atoms with E-state index in [0.717, 1.165) is 14.7 Å². The normalized spacial score (nSPS) is 19.1. The van der Waals surface area contributed by atoms with Crippen LogP contribution in [-0.2, 0) is 9.59 Å². The summed E-state index contributed by atoms with van der Waals surface area (Å²) in [6.45, 7) is 3.17. The lowest BCUT2D eigenvalue weighted by atomic mass is 9.99. The van der Waals surface area contributed by atoms with E-state index in [9.17, 15) is 14.4 Å². The van der Waals surface area contributed by atoms with Gasteiger partial charge in [0, 0.05) is 9.79 Å². The maximum Gasteiger partial charge on any atom is 0.325 e. The summed E-state index contributed by atoms with van der Waals surface area (Å²) >= 11 is 1.53. The summed E-state index contributed by atoms with van der Waals surface area (Å²) in [5.74, 6) is -0.794. The summed E-state index contributed by atoms with van der Waals surface area (Å²) in [5, 5.41) is 5.46. The SMILES string of the molecule is CCC1(C)NC(=O)N(CC(=O)Nc2ccccc2Sc2ccccc2)C1=O. The molecule has 27 heavy (non-hydrogen) atoms. The van der Waals surface area contributed by atoms with Crippen molar-refractivity contribution < 1.29 is 14.4 Å². The number of imide groups is 1. The number of amides is 4. The Morgan fingerprint density at radius 3 is 2.44 bits per heavy atom. The molecule has 0 aliphatic carbocycles. The Hall–Kier alpha value is -2.80. The number of para-hydroxylation sites is 1. The number of carbonyl (C=O) groups excluding carboxylic acids is 3. The van der Waals surface area contributed by atoms with Gasteiger partial charge in [0.1, 0.15) is 12.1 Å². The predicted molar refractivity (Wildman–Crippen MR) is 105 cm³/mol. The van der Waals surface area contributed by atoms with Crippen LogP contribution < -0.4 is 10.6 Å². The Labute approximate surface area is 162 Å². The Kier molecular flexibility index (Phi) is 5.51. The van der Waals surface area contributed by atoms with Gasteiger partial charge in [-0.2, -0.15) is 0 Å². The minimum Gasteiger partial charge on any atom is -0.323 e. The fraction of sp³-hybridized carbons (Fsp3) is 0.250. The van der Waals surface area contributed by atoms with E-state index in [0.29, 0.717) is 12.1 Å². The summed E-state index contributed by atoms with van der Waals surface area (Å²) < 4.78 is 0. The van der Waals surface area contributed by atoms with Gasteiger partial charge >= 0.3 is 6.03 Å². The largest absolute Gasteiger partial charge is 0.325 e. The van der Waals surface area contributed by atoms with E-state index in [1.165, 1.54) is 11.8 Å². The third kappa shape index (κ3) is 4.14. The minimum atomic E-state index is -0.946. The minimum absolute atomic E-state index is 0.315. The lowest BCUT2D eigenvalue weighted by molar-refractivity contribution is -0.133. The Morgan fingerprint density at radius 1 is 1.11 bits per heavy atom. The highest BCUT2D eigenvalue weighted by atomic mass is 32.2. The van der Waals surface area contributed by atoms with E-state index in [-0.39, 0.29) is 12.5 Å². The molecule has 0 radical (unpaired) electrons. The summed E-state index contributed by atoms with van der Waals surface area (Å²) in [4.78, 5) is 39.9. The van der Waals surface area contributed by atoms with Gasteiger partial charge in [-0.15, -0.1) is 0 Å². The van der Waals surface area contributed by atoms with Crippen molar-refractivity contribution in [1.29, 1.82) is 0 Å². The lowest BCUT2D eigenvalue weighted by Crippen LogP contribution is -2.44. The molecule has 1 atom stereocenters. The molecule has 3 rings (SSSR count). The van der Waals surface area contributed by atoms with E-state index in [4.69, 9.17) is 0 Å². The zero-order chi connectivity index (χ0) is 19.4. The van der Waals surface area contributed by atoms with E-state index < -0.39 is 17.5 Å². The molecule has 0 bridgehead atoms. The maximum atomic E-state index is 12.5. The standard InChI is InChI=1S/C20H21N3O3S/c1-3-20(2)18(25)23(19(26)22-20)13-17(24)21-15-11-7-8-12-16(15)27-14-9-5-4-6-10-14/h4-12H,3,13H2,1-2H3,(H,21,24)(H,22,26). The fourth-order valence-electron chi connectivity index (χ4n) is 2.74. The summed E-state index contributed by atoms with van der Waals surface area (Å²) in [5.41, 5.74) is -0.306. The molecule has 1 fully saturated rings. The van der Waals surface area contributed by atoms with Gasteiger partial charge in [-0.25, -0.2) is 4.79 Å². The first-order chi connectivity index (χ1) is 12.9. The molecule has 1 aliphatic rings. The highest BCUT2D eigenvalue weighted by molar-refractivity contribution is 7.99. The topological polar surface area (TPSA) is 78.5 Å². The zero-order valence-electron chi connectivity index (χ0n) is 15.2. The second-order valence-corrected chi connectivity index (χ2v) is 7.58.